The molecule has 0 radical (unpaired) electrons. The summed E-state index contributed by atoms with van der Waals surface area (Å²) in [5, 5.41) is 0. The molecule has 0 aromatic heterocycles. The number of nitrogens with zero attached hydrogens (tertiary/aromatic N) is 2. The number of amidine groups is 1. The molecule has 0 saturated carbocycles. The van der Waals surface area contributed by atoms with Crippen molar-refractivity contribution in [1.29, 1.82) is 0 Å². The molecule has 7 heteroatoms. The Bertz CT molecular complexity index is 607. The number of para-hydroxylation sites is 2. The lowest BCUT2D eigenvalue weighted by Crippen LogP contribution is -2.26. The van der Waals surface area contributed by atoms with E-state index in [0.29, 0.717) is 11.4 Å². The molecule has 0 aliphatic carbocycles. The van der Waals surface area contributed by atoms with Gasteiger partial charge in [-0.3, -0.25) is 9.08 Å². The zero-order chi connectivity index (χ0) is 13.2. The van der Waals surface area contributed by atoms with E-state index < -0.39 is 10.3 Å². The maximum atomic E-state index is 11.3. The molecule has 96 valence electrons. The fourth-order valence-electron chi connectivity index (χ4n) is 1.53. The molecular formula is C11H12N2O4S. The second kappa shape index (κ2) is 4.79. The van der Waals surface area contributed by atoms with Crippen LogP contribution in [0.5, 0.6) is 5.75 Å². The predicted octanol–water partition coefficient (Wildman–Crippen LogP) is 1.67. The van der Waals surface area contributed by atoms with Crippen LogP contribution in [0, 0.1) is 0 Å². The van der Waals surface area contributed by atoms with E-state index >= 15 is 0 Å². The summed E-state index contributed by atoms with van der Waals surface area (Å²) in [4.78, 5) is 1.61. The highest BCUT2D eigenvalue weighted by Gasteiger charge is 2.18. The molecule has 1 aliphatic heterocycles. The lowest BCUT2D eigenvalue weighted by Gasteiger charge is -2.24. The maximum absolute atomic E-state index is 11.3. The second-order valence-corrected chi connectivity index (χ2v) is 4.84. The first-order chi connectivity index (χ1) is 8.53. The Balaban J connectivity index is 2.40. The lowest BCUT2D eigenvalue weighted by molar-refractivity contribution is 0.399. The molecule has 0 spiro atoms. The minimum absolute atomic E-state index is 0.267. The Morgan fingerprint density at radius 3 is 2.83 bits per heavy atom. The van der Waals surface area contributed by atoms with Crippen molar-refractivity contribution in [2.45, 2.75) is 6.92 Å². The van der Waals surface area contributed by atoms with Crippen LogP contribution in [-0.2, 0) is 14.5 Å². The highest BCUT2D eigenvalue weighted by atomic mass is 32.2. The first-order valence-electron chi connectivity index (χ1n) is 5.12. The number of benzene rings is 1. The van der Waals surface area contributed by atoms with Gasteiger partial charge in [-0.15, -0.1) is 4.40 Å². The summed E-state index contributed by atoms with van der Waals surface area (Å²) in [6.45, 7) is 1.57. The Hall–Kier alpha value is -1.86. The van der Waals surface area contributed by atoms with Gasteiger partial charge in [-0.1, -0.05) is 12.1 Å². The van der Waals surface area contributed by atoms with Crippen molar-refractivity contribution < 1.29 is 17.3 Å². The van der Waals surface area contributed by atoms with E-state index in [4.69, 9.17) is 4.74 Å². The van der Waals surface area contributed by atoms with Gasteiger partial charge in [0.1, 0.15) is 12.1 Å². The maximum Gasteiger partial charge on any atom is 0.382 e. The number of rotatable bonds is 2. The molecule has 2 rings (SSSR count). The summed E-state index contributed by atoms with van der Waals surface area (Å²) in [6.07, 6.45) is 3.05. The number of hydrogen-bond acceptors (Lipinski definition) is 4. The molecule has 6 nitrogen and oxygen atoms in total. The SMILES string of the molecule is COS(=O)(=O)/N=C(/C)N1C=COc2ccccc21. The topological polar surface area (TPSA) is 68.2 Å². The molecule has 0 amide bonds. The Labute approximate surface area is 105 Å². The Morgan fingerprint density at radius 2 is 2.11 bits per heavy atom. The van der Waals surface area contributed by atoms with Crippen LogP contribution in [0.2, 0.25) is 0 Å². The average molecular weight is 268 g/mol. The lowest BCUT2D eigenvalue weighted by atomic mass is 10.2. The normalized spacial score (nSPS) is 15.2. The minimum atomic E-state index is -3.90. The summed E-state index contributed by atoms with van der Waals surface area (Å²) in [5.41, 5.74) is 0.715. The second-order valence-electron chi connectivity index (χ2n) is 3.47. The number of ether oxygens (including phenoxy) is 1. The van der Waals surface area contributed by atoms with E-state index in [1.165, 1.54) is 6.26 Å². The van der Waals surface area contributed by atoms with E-state index in [0.717, 1.165) is 7.11 Å². The van der Waals surface area contributed by atoms with Crippen LogP contribution in [0.4, 0.5) is 5.69 Å². The van der Waals surface area contributed by atoms with Crippen LogP contribution in [0.3, 0.4) is 0 Å². The third-order valence-electron chi connectivity index (χ3n) is 2.33. The quantitative estimate of drug-likeness (QED) is 0.603. The molecular weight excluding hydrogens is 256 g/mol. The molecule has 1 aliphatic rings. The summed E-state index contributed by atoms with van der Waals surface area (Å²) >= 11 is 0. The molecule has 1 aromatic carbocycles. The van der Waals surface area contributed by atoms with Gasteiger partial charge in [-0.2, -0.15) is 8.42 Å². The first-order valence-corrected chi connectivity index (χ1v) is 6.49. The van der Waals surface area contributed by atoms with E-state index in [2.05, 4.69) is 8.58 Å². The zero-order valence-corrected chi connectivity index (χ0v) is 10.7. The molecule has 0 atom stereocenters. The smallest absolute Gasteiger partial charge is 0.382 e. The van der Waals surface area contributed by atoms with Gasteiger partial charge < -0.3 is 4.74 Å². The van der Waals surface area contributed by atoms with Crippen molar-refractivity contribution in [3.05, 3.63) is 36.7 Å². The van der Waals surface area contributed by atoms with Gasteiger partial charge >= 0.3 is 10.3 Å². The summed E-state index contributed by atoms with van der Waals surface area (Å²) in [7, 11) is -2.83. The molecule has 1 aromatic rings. The number of anilines is 1. The molecule has 1 heterocycles. The minimum Gasteiger partial charge on any atom is -0.461 e. The fraction of sp³-hybridized carbons (Fsp3) is 0.182. The molecule has 0 bridgehead atoms. The van der Waals surface area contributed by atoms with Crippen LogP contribution in [0.1, 0.15) is 6.92 Å². The standard InChI is InChI=1S/C11H12N2O4S/c1-9(12-18(14,15)16-2)13-7-8-17-11-6-4-3-5-10(11)13/h3-8H,1-2H3/b12-9-. The average Bonchev–Trinajstić information content (AvgIpc) is 2.37. The van der Waals surface area contributed by atoms with E-state index in [1.54, 1.807) is 30.2 Å². The van der Waals surface area contributed by atoms with Crippen LogP contribution < -0.4 is 9.64 Å². The number of hydrogen-bond donors (Lipinski definition) is 0. The van der Waals surface area contributed by atoms with Gasteiger partial charge in [-0.25, -0.2) is 0 Å². The fourth-order valence-corrected chi connectivity index (χ4v) is 2.01. The molecule has 0 unspecified atom stereocenters. The largest absolute Gasteiger partial charge is 0.461 e. The van der Waals surface area contributed by atoms with Crippen molar-refractivity contribution in [2.75, 3.05) is 12.0 Å². The zero-order valence-electron chi connectivity index (χ0n) is 9.90. The van der Waals surface area contributed by atoms with Crippen LogP contribution in [0.15, 0.2) is 41.1 Å². The molecule has 0 N–H and O–H groups in total. The van der Waals surface area contributed by atoms with Crippen molar-refractivity contribution in [2.24, 2.45) is 4.40 Å². The summed E-state index contributed by atoms with van der Waals surface area (Å²) in [5.74, 6) is 0.896. The van der Waals surface area contributed by atoms with E-state index in [-0.39, 0.29) is 5.84 Å². The van der Waals surface area contributed by atoms with Crippen molar-refractivity contribution >= 4 is 21.8 Å². The van der Waals surface area contributed by atoms with Crippen LogP contribution >= 0.6 is 0 Å². The first kappa shape index (κ1) is 12.6. The predicted molar refractivity (Wildman–Crippen MR) is 67.7 cm³/mol. The van der Waals surface area contributed by atoms with Crippen molar-refractivity contribution in [3.63, 3.8) is 0 Å². The summed E-state index contributed by atoms with van der Waals surface area (Å²) in [6, 6.07) is 7.24. The van der Waals surface area contributed by atoms with E-state index in [1.807, 2.05) is 12.1 Å². The van der Waals surface area contributed by atoms with Crippen molar-refractivity contribution in [1.82, 2.24) is 0 Å². The van der Waals surface area contributed by atoms with Gasteiger partial charge in [0, 0.05) is 6.20 Å². The Morgan fingerprint density at radius 1 is 1.39 bits per heavy atom. The van der Waals surface area contributed by atoms with Gasteiger partial charge in [0.2, 0.25) is 0 Å². The van der Waals surface area contributed by atoms with Crippen LogP contribution in [-0.4, -0.2) is 21.4 Å². The highest BCUT2D eigenvalue weighted by molar-refractivity contribution is 7.85. The highest BCUT2D eigenvalue weighted by Crippen LogP contribution is 2.31. The van der Waals surface area contributed by atoms with Gasteiger partial charge in [-0.05, 0) is 19.1 Å². The molecule has 0 saturated heterocycles. The molecule has 0 fully saturated rings. The number of fused-ring (bicyclic) bond motifs is 1. The van der Waals surface area contributed by atoms with E-state index in [9.17, 15) is 8.42 Å². The Kier molecular flexibility index (Phi) is 3.35. The molecule has 18 heavy (non-hydrogen) atoms. The van der Waals surface area contributed by atoms with Gasteiger partial charge in [0.05, 0.1) is 12.8 Å². The third-order valence-corrected chi connectivity index (χ3v) is 3.24. The van der Waals surface area contributed by atoms with Gasteiger partial charge in [0.25, 0.3) is 0 Å². The van der Waals surface area contributed by atoms with Crippen molar-refractivity contribution in [3.8, 4) is 5.75 Å². The monoisotopic (exact) mass is 268 g/mol. The third kappa shape index (κ3) is 2.52. The van der Waals surface area contributed by atoms with Crippen LogP contribution in [0.25, 0.3) is 0 Å². The summed E-state index contributed by atoms with van der Waals surface area (Å²) < 4.78 is 35.7. The van der Waals surface area contributed by atoms with Gasteiger partial charge in [0.15, 0.2) is 5.75 Å².